The first-order valence-electron chi connectivity index (χ1n) is 6.39. The fourth-order valence-corrected chi connectivity index (χ4v) is 2.95. The molecule has 1 heterocycles. The third-order valence-electron chi connectivity index (χ3n) is 3.04. The van der Waals surface area contributed by atoms with Crippen molar-refractivity contribution in [3.8, 4) is 0 Å². The van der Waals surface area contributed by atoms with Crippen molar-refractivity contribution in [2.75, 3.05) is 7.11 Å². The number of rotatable bonds is 5. The van der Waals surface area contributed by atoms with Crippen molar-refractivity contribution in [1.82, 2.24) is 4.72 Å². The molecule has 1 aromatic carbocycles. The molecule has 118 valence electrons. The fourth-order valence-electron chi connectivity index (χ4n) is 2.16. The maximum atomic E-state index is 11.5. The molecule has 0 amide bonds. The maximum absolute atomic E-state index is 11.5. The van der Waals surface area contributed by atoms with E-state index in [2.05, 4.69) is 8.91 Å². The molecule has 2 atom stereocenters. The van der Waals surface area contributed by atoms with Gasteiger partial charge >= 0.3 is 10.3 Å². The Kier molecular flexibility index (Phi) is 4.92. The lowest BCUT2D eigenvalue weighted by molar-refractivity contribution is -0.146. The lowest BCUT2D eigenvalue weighted by atomic mass is 10.1. The van der Waals surface area contributed by atoms with Crippen LogP contribution in [0.25, 0.3) is 0 Å². The molecule has 0 aromatic heterocycles. The highest BCUT2D eigenvalue weighted by atomic mass is 35.5. The summed E-state index contributed by atoms with van der Waals surface area (Å²) in [4.78, 5) is 0. The molecular weight excluding hydrogens is 318 g/mol. The highest BCUT2D eigenvalue weighted by Gasteiger charge is 2.43. The van der Waals surface area contributed by atoms with Crippen molar-refractivity contribution in [2.24, 2.45) is 0 Å². The second kappa shape index (κ2) is 6.20. The Morgan fingerprint density at radius 1 is 1.33 bits per heavy atom. The van der Waals surface area contributed by atoms with E-state index in [1.54, 1.807) is 19.9 Å². The summed E-state index contributed by atoms with van der Waals surface area (Å²) in [5.74, 6) is -0.896. The average Bonchev–Trinajstić information content (AvgIpc) is 2.66. The molecule has 1 aliphatic heterocycles. The SMILES string of the molecule is COS(=O)(=O)N[C@H]1OC(C)(C)O[C@H]1Cc1ccccc1Cl. The van der Waals surface area contributed by atoms with Gasteiger partial charge in [0, 0.05) is 11.4 Å². The molecule has 1 aromatic rings. The van der Waals surface area contributed by atoms with Crippen LogP contribution in [0.15, 0.2) is 24.3 Å². The first-order valence-corrected chi connectivity index (χ1v) is 8.18. The topological polar surface area (TPSA) is 73.9 Å². The Morgan fingerprint density at radius 3 is 2.62 bits per heavy atom. The number of benzene rings is 1. The van der Waals surface area contributed by atoms with Gasteiger partial charge in [-0.2, -0.15) is 13.1 Å². The van der Waals surface area contributed by atoms with E-state index in [-0.39, 0.29) is 0 Å². The lowest BCUT2D eigenvalue weighted by Crippen LogP contribution is -2.43. The molecule has 8 heteroatoms. The molecule has 0 radical (unpaired) electrons. The number of hydrogen-bond acceptors (Lipinski definition) is 5. The van der Waals surface area contributed by atoms with Crippen LogP contribution in [0.5, 0.6) is 0 Å². The van der Waals surface area contributed by atoms with Crippen LogP contribution in [-0.2, 0) is 30.4 Å². The van der Waals surface area contributed by atoms with Crippen LogP contribution in [0.3, 0.4) is 0 Å². The Hall–Kier alpha value is -0.700. The minimum absolute atomic E-state index is 0.417. The van der Waals surface area contributed by atoms with E-state index in [4.69, 9.17) is 21.1 Å². The van der Waals surface area contributed by atoms with Gasteiger partial charge in [-0.15, -0.1) is 0 Å². The standard InChI is InChI=1S/C13H18ClNO5S/c1-13(2)19-11(8-9-6-4-5-7-10(9)14)12(20-13)15-21(16,17)18-3/h4-7,11-12,15H,8H2,1-3H3/t11-,12-/m0/s1. The predicted molar refractivity (Wildman–Crippen MR) is 78.0 cm³/mol. The molecular formula is C13H18ClNO5S. The van der Waals surface area contributed by atoms with Crippen LogP contribution < -0.4 is 4.72 Å². The fraction of sp³-hybridized carbons (Fsp3) is 0.538. The van der Waals surface area contributed by atoms with E-state index in [1.807, 2.05) is 18.2 Å². The van der Waals surface area contributed by atoms with Crippen molar-refractivity contribution in [1.29, 1.82) is 0 Å². The number of nitrogens with one attached hydrogen (secondary N) is 1. The van der Waals surface area contributed by atoms with E-state index in [0.29, 0.717) is 11.4 Å². The van der Waals surface area contributed by atoms with Gasteiger partial charge in [0.1, 0.15) is 6.10 Å². The monoisotopic (exact) mass is 335 g/mol. The van der Waals surface area contributed by atoms with Crippen LogP contribution in [0.1, 0.15) is 19.4 Å². The molecule has 0 aliphatic carbocycles. The third-order valence-corrected chi connectivity index (χ3v) is 4.37. The molecule has 0 bridgehead atoms. The highest BCUT2D eigenvalue weighted by Crippen LogP contribution is 2.30. The van der Waals surface area contributed by atoms with Gasteiger partial charge < -0.3 is 9.47 Å². The van der Waals surface area contributed by atoms with Gasteiger partial charge in [0.15, 0.2) is 12.0 Å². The van der Waals surface area contributed by atoms with Crippen LogP contribution in [0, 0.1) is 0 Å². The summed E-state index contributed by atoms with van der Waals surface area (Å²) >= 11 is 6.12. The van der Waals surface area contributed by atoms with Crippen molar-refractivity contribution in [3.05, 3.63) is 34.9 Å². The zero-order valence-corrected chi connectivity index (χ0v) is 13.6. The highest BCUT2D eigenvalue weighted by molar-refractivity contribution is 7.84. The molecule has 0 saturated carbocycles. The minimum atomic E-state index is -3.88. The Labute approximate surface area is 129 Å². The van der Waals surface area contributed by atoms with Crippen LogP contribution in [0.2, 0.25) is 5.02 Å². The van der Waals surface area contributed by atoms with E-state index in [1.165, 1.54) is 0 Å². The minimum Gasteiger partial charge on any atom is -0.343 e. The normalized spacial score (nSPS) is 25.1. The molecule has 2 rings (SSSR count). The van der Waals surface area contributed by atoms with Gasteiger partial charge in [0.25, 0.3) is 0 Å². The second-order valence-electron chi connectivity index (χ2n) is 5.13. The Bertz CT molecular complexity index is 604. The first-order chi connectivity index (χ1) is 9.72. The number of ether oxygens (including phenoxy) is 2. The lowest BCUT2D eigenvalue weighted by Gasteiger charge is -2.17. The smallest absolute Gasteiger partial charge is 0.337 e. The van der Waals surface area contributed by atoms with Crippen molar-refractivity contribution < 1.29 is 22.1 Å². The quantitative estimate of drug-likeness (QED) is 0.888. The van der Waals surface area contributed by atoms with Crippen LogP contribution in [0.4, 0.5) is 0 Å². The van der Waals surface area contributed by atoms with Crippen LogP contribution >= 0.6 is 11.6 Å². The van der Waals surface area contributed by atoms with E-state index >= 15 is 0 Å². The van der Waals surface area contributed by atoms with E-state index in [9.17, 15) is 8.42 Å². The van der Waals surface area contributed by atoms with Gasteiger partial charge in [-0.05, 0) is 25.5 Å². The molecule has 6 nitrogen and oxygen atoms in total. The summed E-state index contributed by atoms with van der Waals surface area (Å²) in [5, 5.41) is 0.596. The van der Waals surface area contributed by atoms with E-state index < -0.39 is 28.4 Å². The van der Waals surface area contributed by atoms with Crippen molar-refractivity contribution >= 4 is 21.9 Å². The number of hydrogen-bond donors (Lipinski definition) is 1. The van der Waals surface area contributed by atoms with Crippen molar-refractivity contribution in [3.63, 3.8) is 0 Å². The van der Waals surface area contributed by atoms with Gasteiger partial charge in [-0.25, -0.2) is 0 Å². The number of halogens is 1. The molecule has 21 heavy (non-hydrogen) atoms. The Balaban J connectivity index is 2.17. The molecule has 0 unspecified atom stereocenters. The van der Waals surface area contributed by atoms with Crippen LogP contribution in [-0.4, -0.2) is 33.6 Å². The van der Waals surface area contributed by atoms with Gasteiger partial charge in [0.2, 0.25) is 0 Å². The summed E-state index contributed by atoms with van der Waals surface area (Å²) in [6.45, 7) is 3.43. The molecule has 1 N–H and O–H groups in total. The van der Waals surface area contributed by atoms with Gasteiger partial charge in [0.05, 0.1) is 7.11 Å². The predicted octanol–water partition coefficient (Wildman–Crippen LogP) is 1.84. The summed E-state index contributed by atoms with van der Waals surface area (Å²) in [5.41, 5.74) is 0.854. The first kappa shape index (κ1) is 16.7. The largest absolute Gasteiger partial charge is 0.343 e. The third kappa shape index (κ3) is 4.38. The average molecular weight is 336 g/mol. The van der Waals surface area contributed by atoms with Gasteiger partial charge in [-0.1, -0.05) is 29.8 Å². The zero-order chi connectivity index (χ0) is 15.7. The summed E-state index contributed by atoms with van der Waals surface area (Å²) in [7, 11) is -2.80. The summed E-state index contributed by atoms with van der Waals surface area (Å²) in [6, 6.07) is 7.31. The summed E-state index contributed by atoms with van der Waals surface area (Å²) < 4.78 is 41.1. The maximum Gasteiger partial charge on any atom is 0.337 e. The zero-order valence-electron chi connectivity index (χ0n) is 12.0. The van der Waals surface area contributed by atoms with Crippen molar-refractivity contribution in [2.45, 2.75) is 38.4 Å². The summed E-state index contributed by atoms with van der Waals surface area (Å²) in [6.07, 6.45) is -0.939. The van der Waals surface area contributed by atoms with E-state index in [0.717, 1.165) is 12.7 Å². The molecule has 1 aliphatic rings. The molecule has 1 saturated heterocycles. The Morgan fingerprint density at radius 2 is 2.00 bits per heavy atom. The van der Waals surface area contributed by atoms with Gasteiger partial charge in [-0.3, -0.25) is 4.18 Å². The second-order valence-corrected chi connectivity index (χ2v) is 7.01. The molecule has 0 spiro atoms. The molecule has 1 fully saturated rings.